The Morgan fingerprint density at radius 3 is 2.63 bits per heavy atom. The van der Waals surface area contributed by atoms with Gasteiger partial charge in [0.15, 0.2) is 0 Å². The van der Waals surface area contributed by atoms with E-state index in [0.717, 1.165) is 10.4 Å². The SMILES string of the molecule is C=CCN(c1cc(C(=O)OC)ccc1Cl)S(=O)(=O)c1cccc([N+](=O)[O-])c1. The predicted octanol–water partition coefficient (Wildman–Crippen LogP) is 3.42. The van der Waals surface area contributed by atoms with Crippen LogP contribution in [0.3, 0.4) is 0 Å². The number of carbonyl (C=O) groups excluding carboxylic acids is 1. The zero-order chi connectivity index (χ0) is 20.2. The summed E-state index contributed by atoms with van der Waals surface area (Å²) in [6.45, 7) is 3.36. The average Bonchev–Trinajstić information content (AvgIpc) is 2.66. The molecular weight excluding hydrogens is 396 g/mol. The average molecular weight is 411 g/mol. The Morgan fingerprint density at radius 1 is 1.33 bits per heavy atom. The van der Waals surface area contributed by atoms with Crippen LogP contribution in [-0.2, 0) is 14.8 Å². The van der Waals surface area contributed by atoms with Crippen LogP contribution in [0.25, 0.3) is 0 Å². The molecule has 8 nitrogen and oxygen atoms in total. The number of benzene rings is 2. The number of carbonyl (C=O) groups is 1. The Kier molecular flexibility index (Phi) is 6.19. The number of nitrogens with zero attached hydrogens (tertiary/aromatic N) is 2. The van der Waals surface area contributed by atoms with Crippen LogP contribution in [0, 0.1) is 10.1 Å². The minimum atomic E-state index is -4.22. The third-order valence-corrected chi connectivity index (χ3v) is 5.64. The van der Waals surface area contributed by atoms with E-state index in [1.165, 1.54) is 49.6 Å². The first kappa shape index (κ1) is 20.4. The van der Waals surface area contributed by atoms with E-state index in [1.54, 1.807) is 0 Å². The number of anilines is 1. The Hall–Kier alpha value is -2.91. The molecule has 2 aromatic rings. The molecule has 0 heterocycles. The number of non-ortho nitro benzene ring substituents is 1. The number of methoxy groups -OCH3 is 1. The number of halogens is 1. The van der Waals surface area contributed by atoms with Gasteiger partial charge in [-0.2, -0.15) is 0 Å². The van der Waals surface area contributed by atoms with Crippen LogP contribution in [0.5, 0.6) is 0 Å². The molecule has 10 heteroatoms. The van der Waals surface area contributed by atoms with Gasteiger partial charge in [0, 0.05) is 12.1 Å². The van der Waals surface area contributed by atoms with Gasteiger partial charge in [0.2, 0.25) is 0 Å². The second-order valence-electron chi connectivity index (χ2n) is 5.24. The summed E-state index contributed by atoms with van der Waals surface area (Å²) in [5, 5.41) is 11.0. The molecule has 2 rings (SSSR count). The Balaban J connectivity index is 2.63. The molecule has 0 saturated carbocycles. The normalized spacial score (nSPS) is 10.9. The van der Waals surface area contributed by atoms with Gasteiger partial charge in [-0.1, -0.05) is 23.7 Å². The second-order valence-corrected chi connectivity index (χ2v) is 7.51. The molecule has 0 aliphatic rings. The number of nitro benzene ring substituents is 1. The van der Waals surface area contributed by atoms with Crippen molar-refractivity contribution in [3.63, 3.8) is 0 Å². The summed E-state index contributed by atoms with van der Waals surface area (Å²) in [4.78, 5) is 21.7. The van der Waals surface area contributed by atoms with Gasteiger partial charge >= 0.3 is 5.97 Å². The highest BCUT2D eigenvalue weighted by molar-refractivity contribution is 7.92. The molecule has 0 radical (unpaired) electrons. The van der Waals surface area contributed by atoms with E-state index in [0.29, 0.717) is 0 Å². The van der Waals surface area contributed by atoms with E-state index >= 15 is 0 Å². The standard InChI is InChI=1S/C17H15ClN2O6S/c1-3-9-19(16-10-12(17(21)26-2)7-8-15(16)18)27(24,25)14-6-4-5-13(11-14)20(22)23/h3-8,10-11H,1,9H2,2H3. The first-order chi connectivity index (χ1) is 12.7. The zero-order valence-electron chi connectivity index (χ0n) is 14.2. The van der Waals surface area contributed by atoms with Crippen LogP contribution in [0.4, 0.5) is 11.4 Å². The third-order valence-electron chi connectivity index (χ3n) is 3.55. The van der Waals surface area contributed by atoms with Crippen molar-refractivity contribution in [1.29, 1.82) is 0 Å². The predicted molar refractivity (Wildman–Crippen MR) is 101 cm³/mol. The van der Waals surface area contributed by atoms with Crippen molar-refractivity contribution in [3.05, 3.63) is 75.8 Å². The molecule has 0 saturated heterocycles. The maximum atomic E-state index is 13.1. The molecule has 0 amide bonds. The molecule has 0 aliphatic carbocycles. The molecule has 0 bridgehead atoms. The summed E-state index contributed by atoms with van der Waals surface area (Å²) < 4.78 is 31.7. The maximum Gasteiger partial charge on any atom is 0.337 e. The van der Waals surface area contributed by atoms with Gasteiger partial charge in [0.05, 0.1) is 39.7 Å². The van der Waals surface area contributed by atoms with Gasteiger partial charge in [-0.15, -0.1) is 6.58 Å². The lowest BCUT2D eigenvalue weighted by Crippen LogP contribution is -2.31. The van der Waals surface area contributed by atoms with Crippen molar-refractivity contribution in [3.8, 4) is 0 Å². The molecule has 27 heavy (non-hydrogen) atoms. The molecule has 0 atom stereocenters. The Morgan fingerprint density at radius 2 is 2.04 bits per heavy atom. The van der Waals surface area contributed by atoms with Crippen LogP contribution < -0.4 is 4.31 Å². The highest BCUT2D eigenvalue weighted by Crippen LogP contribution is 2.32. The summed E-state index contributed by atoms with van der Waals surface area (Å²) in [6, 6.07) is 8.66. The van der Waals surface area contributed by atoms with Crippen LogP contribution in [0.15, 0.2) is 60.0 Å². The van der Waals surface area contributed by atoms with Gasteiger partial charge in [-0.05, 0) is 24.3 Å². The van der Waals surface area contributed by atoms with E-state index in [2.05, 4.69) is 11.3 Å². The van der Waals surface area contributed by atoms with Gasteiger partial charge in [-0.25, -0.2) is 13.2 Å². The zero-order valence-corrected chi connectivity index (χ0v) is 15.7. The fourth-order valence-corrected chi connectivity index (χ4v) is 4.03. The van der Waals surface area contributed by atoms with Gasteiger partial charge in [0.1, 0.15) is 0 Å². The quantitative estimate of drug-likeness (QED) is 0.299. The van der Waals surface area contributed by atoms with E-state index in [9.17, 15) is 23.3 Å². The minimum absolute atomic E-state index is 0.0194. The lowest BCUT2D eigenvalue weighted by molar-refractivity contribution is -0.385. The van der Waals surface area contributed by atoms with Crippen LogP contribution in [-0.4, -0.2) is 33.0 Å². The lowest BCUT2D eigenvalue weighted by atomic mass is 10.2. The highest BCUT2D eigenvalue weighted by atomic mass is 35.5. The first-order valence-electron chi connectivity index (χ1n) is 7.48. The molecule has 0 fully saturated rings. The van der Waals surface area contributed by atoms with E-state index in [-0.39, 0.29) is 33.4 Å². The molecule has 0 spiro atoms. The van der Waals surface area contributed by atoms with Gasteiger partial charge < -0.3 is 4.74 Å². The number of ether oxygens (including phenoxy) is 1. The molecular formula is C17H15ClN2O6S. The summed E-state index contributed by atoms with van der Waals surface area (Å²) in [5.41, 5.74) is -0.254. The van der Waals surface area contributed by atoms with Gasteiger partial charge in [-0.3, -0.25) is 14.4 Å². The molecule has 0 unspecified atom stereocenters. The smallest absolute Gasteiger partial charge is 0.337 e. The van der Waals surface area contributed by atoms with Crippen molar-refractivity contribution in [1.82, 2.24) is 0 Å². The first-order valence-corrected chi connectivity index (χ1v) is 9.30. The molecule has 0 aliphatic heterocycles. The van der Waals surface area contributed by atoms with Crippen LogP contribution in [0.1, 0.15) is 10.4 Å². The second kappa shape index (κ2) is 8.19. The lowest BCUT2D eigenvalue weighted by Gasteiger charge is -2.24. The van der Waals surface area contributed by atoms with Crippen LogP contribution >= 0.6 is 11.6 Å². The number of hydrogen-bond acceptors (Lipinski definition) is 6. The topological polar surface area (TPSA) is 107 Å². The Bertz CT molecular complexity index is 1010. The number of sulfonamides is 1. The minimum Gasteiger partial charge on any atom is -0.465 e. The fraction of sp³-hybridized carbons (Fsp3) is 0.118. The van der Waals surface area contributed by atoms with Crippen molar-refractivity contribution >= 4 is 39.0 Å². The molecule has 0 N–H and O–H groups in total. The van der Waals surface area contributed by atoms with Crippen molar-refractivity contribution in [2.45, 2.75) is 4.90 Å². The van der Waals surface area contributed by atoms with Gasteiger partial charge in [0.25, 0.3) is 15.7 Å². The Labute approximate surface area is 160 Å². The van der Waals surface area contributed by atoms with Crippen molar-refractivity contribution < 1.29 is 22.9 Å². The summed E-state index contributed by atoms with van der Waals surface area (Å²) in [7, 11) is -3.03. The number of nitro groups is 1. The molecule has 2 aromatic carbocycles. The number of hydrogen-bond donors (Lipinski definition) is 0. The largest absolute Gasteiger partial charge is 0.465 e. The molecule has 0 aromatic heterocycles. The third kappa shape index (κ3) is 4.26. The van der Waals surface area contributed by atoms with Crippen molar-refractivity contribution in [2.24, 2.45) is 0 Å². The summed E-state index contributed by atoms with van der Waals surface area (Å²) in [5.74, 6) is -0.667. The highest BCUT2D eigenvalue weighted by Gasteiger charge is 2.28. The number of rotatable bonds is 7. The number of esters is 1. The van der Waals surface area contributed by atoms with E-state index in [1.807, 2.05) is 0 Å². The van der Waals surface area contributed by atoms with Crippen molar-refractivity contribution in [2.75, 3.05) is 18.0 Å². The maximum absolute atomic E-state index is 13.1. The van der Waals surface area contributed by atoms with Crippen LogP contribution in [0.2, 0.25) is 5.02 Å². The van der Waals surface area contributed by atoms with E-state index < -0.39 is 20.9 Å². The fourth-order valence-electron chi connectivity index (χ4n) is 2.28. The monoisotopic (exact) mass is 410 g/mol. The molecule has 142 valence electrons. The van der Waals surface area contributed by atoms with E-state index in [4.69, 9.17) is 11.6 Å². The summed E-state index contributed by atoms with van der Waals surface area (Å²) in [6.07, 6.45) is 1.33. The summed E-state index contributed by atoms with van der Waals surface area (Å²) >= 11 is 6.15.